The van der Waals surface area contributed by atoms with Crippen molar-refractivity contribution in [1.82, 2.24) is 4.90 Å². The van der Waals surface area contributed by atoms with Gasteiger partial charge in [-0.2, -0.15) is 5.26 Å². The van der Waals surface area contributed by atoms with Crippen LogP contribution >= 0.6 is 0 Å². The molecule has 2 aromatic carbocycles. The molecule has 0 saturated heterocycles. The van der Waals surface area contributed by atoms with Gasteiger partial charge in [0.05, 0.1) is 34.5 Å². The van der Waals surface area contributed by atoms with Gasteiger partial charge in [0, 0.05) is 12.6 Å². The highest BCUT2D eigenvalue weighted by Gasteiger charge is 2.45. The van der Waals surface area contributed by atoms with Gasteiger partial charge < -0.3 is 23.8 Å². The molecule has 2 unspecified atom stereocenters. The molecule has 2 rings (SSSR count). The summed E-state index contributed by atoms with van der Waals surface area (Å²) < 4.78 is 21.8. The van der Waals surface area contributed by atoms with Crippen molar-refractivity contribution in [3.8, 4) is 29.1 Å². The molecule has 0 bridgehead atoms. The summed E-state index contributed by atoms with van der Waals surface area (Å²) in [5.41, 5.74) is 1.40. The maximum Gasteiger partial charge on any atom is 0.161 e. The first-order chi connectivity index (χ1) is 15.8. The molecule has 0 saturated carbocycles. The lowest BCUT2D eigenvalue weighted by Crippen LogP contribution is -2.51. The van der Waals surface area contributed by atoms with E-state index in [-0.39, 0.29) is 12.0 Å². The predicted molar refractivity (Wildman–Crippen MR) is 132 cm³/mol. The van der Waals surface area contributed by atoms with E-state index in [4.69, 9.17) is 18.9 Å². The van der Waals surface area contributed by atoms with Crippen LogP contribution in [0.15, 0.2) is 36.4 Å². The summed E-state index contributed by atoms with van der Waals surface area (Å²) in [6, 6.07) is 14.6. The first kappa shape index (κ1) is 26.3. The number of likely N-dealkylation sites (N-methyl/N-ethyl adjacent to an activating group) is 1. The minimum atomic E-state index is -0.708. The zero-order valence-electron chi connectivity index (χ0n) is 21.3. The standard InChI is InChI=1S/C27H38N2O4/c1-9-26(29(4)15-14-20-10-12-22(30-5)24(16-20)32-7)27(18-28,19(2)3)21-11-13-23(31-6)25(17-21)33-8/h10-13,16-17,19,26H,9,14-15H2,1-8H3. The molecule has 0 fully saturated rings. The molecular formula is C27H38N2O4. The molecule has 0 radical (unpaired) electrons. The Morgan fingerprint density at radius 2 is 1.42 bits per heavy atom. The van der Waals surface area contributed by atoms with Crippen LogP contribution in [0.5, 0.6) is 23.0 Å². The molecule has 0 spiro atoms. The van der Waals surface area contributed by atoms with Gasteiger partial charge in [-0.05, 0) is 61.2 Å². The van der Waals surface area contributed by atoms with Crippen molar-refractivity contribution >= 4 is 0 Å². The van der Waals surface area contributed by atoms with E-state index in [9.17, 15) is 5.26 Å². The average molecular weight is 455 g/mol. The molecule has 0 aromatic heterocycles. The van der Waals surface area contributed by atoms with Gasteiger partial charge in [0.2, 0.25) is 0 Å². The monoisotopic (exact) mass is 454 g/mol. The topological polar surface area (TPSA) is 64.0 Å². The maximum atomic E-state index is 10.6. The van der Waals surface area contributed by atoms with Gasteiger partial charge in [0.25, 0.3) is 0 Å². The Morgan fingerprint density at radius 1 is 0.879 bits per heavy atom. The van der Waals surface area contributed by atoms with Crippen LogP contribution in [0.2, 0.25) is 0 Å². The van der Waals surface area contributed by atoms with Crippen molar-refractivity contribution in [2.75, 3.05) is 42.0 Å². The number of methoxy groups -OCH3 is 4. The van der Waals surface area contributed by atoms with E-state index in [1.165, 1.54) is 0 Å². The molecule has 0 N–H and O–H groups in total. The van der Waals surface area contributed by atoms with Crippen LogP contribution in [-0.4, -0.2) is 53.0 Å². The Bertz CT molecular complexity index is 954. The molecule has 0 aliphatic carbocycles. The molecule has 0 aliphatic rings. The fourth-order valence-corrected chi connectivity index (χ4v) is 4.75. The number of hydrogen-bond acceptors (Lipinski definition) is 6. The molecule has 180 valence electrons. The van der Waals surface area contributed by atoms with Gasteiger partial charge in [-0.1, -0.05) is 32.9 Å². The molecule has 6 nitrogen and oxygen atoms in total. The SMILES string of the molecule is CCC(N(C)CCc1ccc(OC)c(OC)c1)C(C#N)(c1ccc(OC)c(OC)c1)C(C)C. The third kappa shape index (κ3) is 5.36. The number of nitrogens with zero attached hydrogens (tertiary/aromatic N) is 2. The van der Waals surface area contributed by atoms with Crippen molar-refractivity contribution < 1.29 is 18.9 Å². The fraction of sp³-hybridized carbons (Fsp3) is 0.519. The lowest BCUT2D eigenvalue weighted by molar-refractivity contribution is 0.140. The highest BCUT2D eigenvalue weighted by atomic mass is 16.5. The van der Waals surface area contributed by atoms with E-state index in [2.05, 4.69) is 44.9 Å². The summed E-state index contributed by atoms with van der Waals surface area (Å²) in [6.07, 6.45) is 1.67. The van der Waals surface area contributed by atoms with E-state index >= 15 is 0 Å². The highest BCUT2D eigenvalue weighted by Crippen LogP contribution is 2.42. The second kappa shape index (κ2) is 11.8. The largest absolute Gasteiger partial charge is 0.493 e. The van der Waals surface area contributed by atoms with Crippen molar-refractivity contribution in [3.05, 3.63) is 47.5 Å². The second-order valence-corrected chi connectivity index (χ2v) is 8.55. The van der Waals surface area contributed by atoms with Gasteiger partial charge >= 0.3 is 0 Å². The molecule has 0 heterocycles. The number of benzene rings is 2. The quantitative estimate of drug-likeness (QED) is 0.445. The minimum absolute atomic E-state index is 0.0146. The van der Waals surface area contributed by atoms with Crippen molar-refractivity contribution in [3.63, 3.8) is 0 Å². The van der Waals surface area contributed by atoms with E-state index in [0.717, 1.165) is 42.0 Å². The van der Waals surface area contributed by atoms with E-state index in [1.54, 1.807) is 28.4 Å². The Labute approximate surface area is 199 Å². The Hall–Kier alpha value is -2.91. The van der Waals surface area contributed by atoms with Crippen molar-refractivity contribution in [2.45, 2.75) is 45.1 Å². The highest BCUT2D eigenvalue weighted by molar-refractivity contribution is 5.48. The number of nitriles is 1. The van der Waals surface area contributed by atoms with Crippen LogP contribution in [0.4, 0.5) is 0 Å². The molecule has 0 aliphatic heterocycles. The molecule has 2 atom stereocenters. The lowest BCUT2D eigenvalue weighted by Gasteiger charge is -2.43. The lowest BCUT2D eigenvalue weighted by atomic mass is 9.66. The fourth-order valence-electron chi connectivity index (χ4n) is 4.75. The van der Waals surface area contributed by atoms with Gasteiger partial charge in [-0.15, -0.1) is 0 Å². The van der Waals surface area contributed by atoms with Gasteiger partial charge in [0.1, 0.15) is 5.41 Å². The Balaban J connectivity index is 2.38. The third-order valence-electron chi connectivity index (χ3n) is 6.60. The Morgan fingerprint density at radius 3 is 1.91 bits per heavy atom. The zero-order chi connectivity index (χ0) is 24.6. The molecular weight excluding hydrogens is 416 g/mol. The van der Waals surface area contributed by atoms with Gasteiger partial charge in [0.15, 0.2) is 23.0 Å². The minimum Gasteiger partial charge on any atom is -0.493 e. The average Bonchev–Trinajstić information content (AvgIpc) is 2.84. The van der Waals surface area contributed by atoms with E-state index in [1.807, 2.05) is 30.3 Å². The first-order valence-electron chi connectivity index (χ1n) is 11.4. The van der Waals surface area contributed by atoms with Crippen molar-refractivity contribution in [1.29, 1.82) is 5.26 Å². The third-order valence-corrected chi connectivity index (χ3v) is 6.60. The van der Waals surface area contributed by atoms with Crippen LogP contribution in [0, 0.1) is 17.2 Å². The summed E-state index contributed by atoms with van der Waals surface area (Å²) in [4.78, 5) is 2.30. The van der Waals surface area contributed by atoms with Crippen molar-refractivity contribution in [2.24, 2.45) is 5.92 Å². The first-order valence-corrected chi connectivity index (χ1v) is 11.4. The van der Waals surface area contributed by atoms with Gasteiger partial charge in [-0.3, -0.25) is 0 Å². The molecule has 2 aromatic rings. The zero-order valence-corrected chi connectivity index (χ0v) is 21.3. The summed E-state index contributed by atoms with van der Waals surface area (Å²) in [7, 11) is 8.63. The molecule has 33 heavy (non-hydrogen) atoms. The van der Waals surface area contributed by atoms with Crippen LogP contribution < -0.4 is 18.9 Å². The summed E-state index contributed by atoms with van der Waals surface area (Å²) >= 11 is 0. The summed E-state index contributed by atoms with van der Waals surface area (Å²) in [5.74, 6) is 2.83. The predicted octanol–water partition coefficient (Wildman–Crippen LogP) is 5.09. The van der Waals surface area contributed by atoms with Crippen LogP contribution in [0.25, 0.3) is 0 Å². The number of hydrogen-bond donors (Lipinski definition) is 0. The molecule has 6 heteroatoms. The van der Waals surface area contributed by atoms with Crippen LogP contribution in [-0.2, 0) is 11.8 Å². The van der Waals surface area contributed by atoms with Gasteiger partial charge in [-0.25, -0.2) is 0 Å². The molecule has 0 amide bonds. The van der Waals surface area contributed by atoms with E-state index in [0.29, 0.717) is 11.5 Å². The normalized spacial score (nSPS) is 13.8. The summed E-state index contributed by atoms with van der Waals surface area (Å²) in [5, 5.41) is 10.6. The smallest absolute Gasteiger partial charge is 0.161 e. The van der Waals surface area contributed by atoms with Crippen LogP contribution in [0.3, 0.4) is 0 Å². The summed E-state index contributed by atoms with van der Waals surface area (Å²) in [6.45, 7) is 7.18. The second-order valence-electron chi connectivity index (χ2n) is 8.55. The Kier molecular flexibility index (Phi) is 9.43. The van der Waals surface area contributed by atoms with Crippen LogP contribution in [0.1, 0.15) is 38.3 Å². The number of rotatable bonds is 12. The maximum absolute atomic E-state index is 10.6. The van der Waals surface area contributed by atoms with E-state index < -0.39 is 5.41 Å². The number of ether oxygens (including phenoxy) is 4.